The number of amides is 1. The Hall–Kier alpha value is -1.69. The predicted molar refractivity (Wildman–Crippen MR) is 96.8 cm³/mol. The van der Waals surface area contributed by atoms with Crippen molar-refractivity contribution in [3.05, 3.63) is 29.8 Å². The molecule has 0 bridgehead atoms. The number of carbonyl (C=O) groups excluding carboxylic acids is 1. The first-order valence-electron chi connectivity index (χ1n) is 8.04. The molecule has 5 nitrogen and oxygen atoms in total. The smallest absolute Gasteiger partial charge is 0.222 e. The third-order valence-corrected chi connectivity index (χ3v) is 4.77. The summed E-state index contributed by atoms with van der Waals surface area (Å²) in [5.74, 6) is 1.01. The number of thioether (sulfide) groups is 1. The number of aliphatic imine (C=N–C) groups is 1. The summed E-state index contributed by atoms with van der Waals surface area (Å²) in [6, 6.07) is 8.79. The number of benzene rings is 1. The van der Waals surface area contributed by atoms with E-state index in [1.807, 2.05) is 11.8 Å². The molecule has 0 aliphatic carbocycles. The van der Waals surface area contributed by atoms with E-state index >= 15 is 0 Å². The number of nitrogens with one attached hydrogen (secondary N) is 2. The zero-order chi connectivity index (χ0) is 16.7. The molecular formula is C17H26N4OS. The van der Waals surface area contributed by atoms with Gasteiger partial charge in [-0.25, -0.2) is 0 Å². The highest BCUT2D eigenvalue weighted by molar-refractivity contribution is 7.98. The molecule has 0 saturated carbocycles. The standard InChI is InChI=1S/C17H26N4OS/c1-4-16(22)21-10-9-14(12-21)20-17(18-2)19-11-13-5-7-15(23-3)8-6-13/h5-8,14H,4,9-12H2,1-3H3,(H2,18,19,20). The van der Waals surface area contributed by atoms with Crippen LogP contribution < -0.4 is 10.6 Å². The van der Waals surface area contributed by atoms with Gasteiger partial charge in [-0.3, -0.25) is 9.79 Å². The highest BCUT2D eigenvalue weighted by Gasteiger charge is 2.25. The molecule has 1 atom stereocenters. The van der Waals surface area contributed by atoms with E-state index in [4.69, 9.17) is 0 Å². The van der Waals surface area contributed by atoms with Gasteiger partial charge in [0.05, 0.1) is 0 Å². The monoisotopic (exact) mass is 334 g/mol. The summed E-state index contributed by atoms with van der Waals surface area (Å²) >= 11 is 1.74. The fraction of sp³-hybridized carbons (Fsp3) is 0.529. The van der Waals surface area contributed by atoms with Gasteiger partial charge in [-0.1, -0.05) is 19.1 Å². The van der Waals surface area contributed by atoms with Crippen molar-refractivity contribution in [2.24, 2.45) is 4.99 Å². The topological polar surface area (TPSA) is 56.7 Å². The van der Waals surface area contributed by atoms with Gasteiger partial charge in [-0.2, -0.15) is 0 Å². The largest absolute Gasteiger partial charge is 0.352 e. The quantitative estimate of drug-likeness (QED) is 0.492. The highest BCUT2D eigenvalue weighted by Crippen LogP contribution is 2.14. The van der Waals surface area contributed by atoms with Crippen LogP contribution in [-0.2, 0) is 11.3 Å². The van der Waals surface area contributed by atoms with Gasteiger partial charge in [0.1, 0.15) is 0 Å². The SMILES string of the molecule is CCC(=O)N1CCC(NC(=NC)NCc2ccc(SC)cc2)C1. The van der Waals surface area contributed by atoms with Gasteiger partial charge in [0, 0.05) is 44.0 Å². The molecule has 1 aliphatic rings. The van der Waals surface area contributed by atoms with E-state index in [-0.39, 0.29) is 11.9 Å². The molecule has 6 heteroatoms. The molecule has 0 spiro atoms. The normalized spacial score (nSPS) is 18.1. The van der Waals surface area contributed by atoms with Crippen LogP contribution in [-0.4, -0.2) is 49.2 Å². The molecule has 1 saturated heterocycles. The summed E-state index contributed by atoms with van der Waals surface area (Å²) < 4.78 is 0. The van der Waals surface area contributed by atoms with Gasteiger partial charge in [-0.05, 0) is 30.4 Å². The number of nitrogens with zero attached hydrogens (tertiary/aromatic N) is 2. The van der Waals surface area contributed by atoms with E-state index in [1.54, 1.807) is 18.8 Å². The van der Waals surface area contributed by atoms with Crippen LogP contribution in [0.1, 0.15) is 25.3 Å². The maximum atomic E-state index is 11.7. The second-order valence-electron chi connectivity index (χ2n) is 5.60. The van der Waals surface area contributed by atoms with Crippen LogP contribution in [0.25, 0.3) is 0 Å². The maximum absolute atomic E-state index is 11.7. The van der Waals surface area contributed by atoms with Gasteiger partial charge in [0.15, 0.2) is 5.96 Å². The summed E-state index contributed by atoms with van der Waals surface area (Å²) in [7, 11) is 1.77. The lowest BCUT2D eigenvalue weighted by Crippen LogP contribution is -2.44. The van der Waals surface area contributed by atoms with Crippen molar-refractivity contribution in [2.45, 2.75) is 37.2 Å². The van der Waals surface area contributed by atoms with Crippen molar-refractivity contribution in [3.8, 4) is 0 Å². The Kier molecular flexibility index (Phi) is 6.77. The first-order valence-corrected chi connectivity index (χ1v) is 9.26. The maximum Gasteiger partial charge on any atom is 0.222 e. The van der Waals surface area contributed by atoms with Gasteiger partial charge in [0.25, 0.3) is 0 Å². The Morgan fingerprint density at radius 1 is 1.39 bits per heavy atom. The molecule has 1 aliphatic heterocycles. The first-order chi connectivity index (χ1) is 11.2. The lowest BCUT2D eigenvalue weighted by atomic mass is 10.2. The molecule has 2 rings (SSSR count). The molecule has 0 aromatic heterocycles. The van der Waals surface area contributed by atoms with Gasteiger partial charge < -0.3 is 15.5 Å². The van der Waals surface area contributed by atoms with Crippen molar-refractivity contribution in [3.63, 3.8) is 0 Å². The van der Waals surface area contributed by atoms with E-state index in [1.165, 1.54) is 10.5 Å². The molecule has 0 radical (unpaired) electrons. The third kappa shape index (κ3) is 5.16. The van der Waals surface area contributed by atoms with Crippen LogP contribution in [0.4, 0.5) is 0 Å². The minimum atomic E-state index is 0.228. The minimum absolute atomic E-state index is 0.228. The van der Waals surface area contributed by atoms with Crippen LogP contribution in [0, 0.1) is 0 Å². The van der Waals surface area contributed by atoms with Crippen LogP contribution >= 0.6 is 11.8 Å². The van der Waals surface area contributed by atoms with Crippen LogP contribution in [0.3, 0.4) is 0 Å². The predicted octanol–water partition coefficient (Wildman–Crippen LogP) is 2.08. The molecule has 1 heterocycles. The third-order valence-electron chi connectivity index (χ3n) is 4.03. The van der Waals surface area contributed by atoms with E-state index < -0.39 is 0 Å². The van der Waals surface area contributed by atoms with Crippen LogP contribution in [0.15, 0.2) is 34.2 Å². The van der Waals surface area contributed by atoms with Gasteiger partial charge in [0.2, 0.25) is 5.91 Å². The van der Waals surface area contributed by atoms with Crippen molar-refractivity contribution in [1.29, 1.82) is 0 Å². The lowest BCUT2D eigenvalue weighted by Gasteiger charge is -2.18. The van der Waals surface area contributed by atoms with Crippen molar-refractivity contribution in [2.75, 3.05) is 26.4 Å². The van der Waals surface area contributed by atoms with E-state index in [0.29, 0.717) is 6.42 Å². The second-order valence-corrected chi connectivity index (χ2v) is 6.48. The van der Waals surface area contributed by atoms with E-state index in [0.717, 1.165) is 32.0 Å². The molecule has 126 valence electrons. The summed E-state index contributed by atoms with van der Waals surface area (Å²) in [4.78, 5) is 19.2. The van der Waals surface area contributed by atoms with E-state index in [2.05, 4.69) is 46.1 Å². The van der Waals surface area contributed by atoms with Crippen molar-refractivity contribution >= 4 is 23.6 Å². The first kappa shape index (κ1) is 17.7. The zero-order valence-corrected chi connectivity index (χ0v) is 14.9. The number of guanidine groups is 1. The summed E-state index contributed by atoms with van der Waals surface area (Å²) in [6.07, 6.45) is 3.62. The average molecular weight is 334 g/mol. The molecule has 1 aromatic carbocycles. The Bertz CT molecular complexity index is 544. The van der Waals surface area contributed by atoms with E-state index in [9.17, 15) is 4.79 Å². The number of hydrogen-bond acceptors (Lipinski definition) is 3. The van der Waals surface area contributed by atoms with Crippen LogP contribution in [0.5, 0.6) is 0 Å². The number of carbonyl (C=O) groups is 1. The number of likely N-dealkylation sites (tertiary alicyclic amines) is 1. The summed E-state index contributed by atoms with van der Waals surface area (Å²) in [5.41, 5.74) is 1.22. The molecule has 1 amide bonds. The van der Waals surface area contributed by atoms with Gasteiger partial charge >= 0.3 is 0 Å². The molecule has 2 N–H and O–H groups in total. The molecular weight excluding hydrogens is 308 g/mol. The number of hydrogen-bond donors (Lipinski definition) is 2. The van der Waals surface area contributed by atoms with Crippen molar-refractivity contribution in [1.82, 2.24) is 15.5 Å². The summed E-state index contributed by atoms with van der Waals surface area (Å²) in [5, 5.41) is 6.75. The average Bonchev–Trinajstić information content (AvgIpc) is 3.06. The fourth-order valence-electron chi connectivity index (χ4n) is 2.65. The molecule has 1 aromatic rings. The Labute approximate surface area is 142 Å². The molecule has 1 unspecified atom stereocenters. The fourth-order valence-corrected chi connectivity index (χ4v) is 3.05. The Morgan fingerprint density at radius 2 is 2.13 bits per heavy atom. The lowest BCUT2D eigenvalue weighted by molar-refractivity contribution is -0.129. The highest BCUT2D eigenvalue weighted by atomic mass is 32.2. The summed E-state index contributed by atoms with van der Waals surface area (Å²) in [6.45, 7) is 4.23. The van der Waals surface area contributed by atoms with Crippen molar-refractivity contribution < 1.29 is 4.79 Å². The molecule has 1 fully saturated rings. The number of rotatable bonds is 5. The Morgan fingerprint density at radius 3 is 2.74 bits per heavy atom. The zero-order valence-electron chi connectivity index (χ0n) is 14.1. The molecule has 23 heavy (non-hydrogen) atoms. The second kappa shape index (κ2) is 8.82. The van der Waals surface area contributed by atoms with Gasteiger partial charge in [-0.15, -0.1) is 11.8 Å². The van der Waals surface area contributed by atoms with Crippen LogP contribution in [0.2, 0.25) is 0 Å². The Balaban J connectivity index is 1.80. The minimum Gasteiger partial charge on any atom is -0.352 e.